The number of pyridine rings is 1. The molecular formula is C19H27ClN2O. The number of hydrogen-bond acceptors (Lipinski definition) is 3. The van der Waals surface area contributed by atoms with Crippen LogP contribution in [-0.4, -0.2) is 36.1 Å². The van der Waals surface area contributed by atoms with Crippen LogP contribution in [0.2, 0.25) is 5.15 Å². The van der Waals surface area contributed by atoms with Crippen LogP contribution >= 0.6 is 11.6 Å². The van der Waals surface area contributed by atoms with Gasteiger partial charge in [0.25, 0.3) is 0 Å². The molecule has 1 fully saturated rings. The van der Waals surface area contributed by atoms with Crippen molar-refractivity contribution in [3.63, 3.8) is 0 Å². The minimum atomic E-state index is 0.455. The van der Waals surface area contributed by atoms with Gasteiger partial charge in [0.2, 0.25) is 0 Å². The zero-order valence-corrected chi connectivity index (χ0v) is 15.0. The second kappa shape index (κ2) is 9.80. The molecule has 1 atom stereocenters. The van der Waals surface area contributed by atoms with Gasteiger partial charge in [0.05, 0.1) is 11.8 Å². The van der Waals surface area contributed by atoms with Gasteiger partial charge in [0.15, 0.2) is 0 Å². The molecule has 1 aliphatic heterocycles. The first-order valence-corrected chi connectivity index (χ1v) is 9.06. The first-order valence-electron chi connectivity index (χ1n) is 8.68. The summed E-state index contributed by atoms with van der Waals surface area (Å²) in [6.45, 7) is 4.07. The molecule has 3 nitrogen and oxygen atoms in total. The van der Waals surface area contributed by atoms with Crippen LogP contribution in [0, 0.1) is 11.8 Å². The quantitative estimate of drug-likeness (QED) is 0.416. The fourth-order valence-corrected chi connectivity index (χ4v) is 2.93. The van der Waals surface area contributed by atoms with Crippen LogP contribution in [0.4, 0.5) is 0 Å². The second-order valence-electron chi connectivity index (χ2n) is 6.21. The van der Waals surface area contributed by atoms with Gasteiger partial charge in [-0.3, -0.25) is 0 Å². The molecule has 126 valence electrons. The number of ether oxygens (including phenoxy) is 1. The number of likely N-dealkylation sites (tertiary alicyclic amines) is 1. The van der Waals surface area contributed by atoms with E-state index in [0.717, 1.165) is 30.7 Å². The zero-order valence-electron chi connectivity index (χ0n) is 14.3. The van der Waals surface area contributed by atoms with Gasteiger partial charge >= 0.3 is 0 Å². The fraction of sp³-hybridized carbons (Fsp3) is 0.632. The Hall–Kier alpha value is -1.24. The smallest absolute Gasteiger partial charge is 0.144 e. The third-order valence-electron chi connectivity index (χ3n) is 4.31. The Kier molecular flexibility index (Phi) is 7.71. The third-order valence-corrected chi connectivity index (χ3v) is 4.61. The molecule has 0 spiro atoms. The molecule has 2 rings (SSSR count). The molecule has 4 heteroatoms. The Morgan fingerprint density at radius 1 is 1.39 bits per heavy atom. The average molecular weight is 335 g/mol. The Bertz CT molecular complexity index is 550. The predicted octanol–water partition coefficient (Wildman–Crippen LogP) is 4.53. The lowest BCUT2D eigenvalue weighted by Crippen LogP contribution is -2.30. The molecule has 0 unspecified atom stereocenters. The maximum absolute atomic E-state index is 6.13. The predicted molar refractivity (Wildman–Crippen MR) is 96.0 cm³/mol. The number of unbranched alkanes of at least 4 members (excludes halogenated alkanes) is 4. The molecule has 0 bridgehead atoms. The standard InChI is InChI=1S/C19H27ClN2O/c1-3-4-5-6-7-8-10-16-13-18(14-21-19(16)20)23-15-17-11-9-12-22(17)2/h13-14,17H,3-7,9,11-12,15H2,1-2H3/t17-/m1/s1. The Labute approximate surface area is 145 Å². The summed E-state index contributed by atoms with van der Waals surface area (Å²) in [6.07, 6.45) is 9.96. The minimum Gasteiger partial charge on any atom is -0.490 e. The van der Waals surface area contributed by atoms with E-state index in [1.807, 2.05) is 6.07 Å². The van der Waals surface area contributed by atoms with Crippen LogP contribution in [0.5, 0.6) is 5.75 Å². The number of halogens is 1. The summed E-state index contributed by atoms with van der Waals surface area (Å²) in [4.78, 5) is 6.54. The zero-order chi connectivity index (χ0) is 16.5. The van der Waals surface area contributed by atoms with E-state index in [1.165, 1.54) is 32.1 Å². The summed E-state index contributed by atoms with van der Waals surface area (Å²) in [7, 11) is 2.15. The first kappa shape index (κ1) is 18.1. The maximum atomic E-state index is 6.13. The molecule has 1 saturated heterocycles. The summed E-state index contributed by atoms with van der Waals surface area (Å²) in [5.41, 5.74) is 0.763. The molecular weight excluding hydrogens is 308 g/mol. The first-order chi connectivity index (χ1) is 11.2. The number of aromatic nitrogens is 1. The molecule has 0 N–H and O–H groups in total. The van der Waals surface area contributed by atoms with Gasteiger partial charge in [-0.25, -0.2) is 4.98 Å². The third kappa shape index (κ3) is 6.05. The highest BCUT2D eigenvalue weighted by Crippen LogP contribution is 2.21. The highest BCUT2D eigenvalue weighted by atomic mass is 35.5. The summed E-state index contributed by atoms with van der Waals surface area (Å²) in [5.74, 6) is 7.08. The van der Waals surface area contributed by atoms with E-state index in [9.17, 15) is 0 Å². The van der Waals surface area contributed by atoms with Crippen molar-refractivity contribution in [2.45, 2.75) is 57.9 Å². The van der Waals surface area contributed by atoms with E-state index in [0.29, 0.717) is 17.8 Å². The Balaban J connectivity index is 1.86. The number of rotatable bonds is 7. The number of hydrogen-bond donors (Lipinski definition) is 0. The summed E-state index contributed by atoms with van der Waals surface area (Å²) < 4.78 is 5.88. The van der Waals surface area contributed by atoms with Gasteiger partial charge in [-0.2, -0.15) is 0 Å². The van der Waals surface area contributed by atoms with E-state index in [-0.39, 0.29) is 0 Å². The van der Waals surface area contributed by atoms with E-state index < -0.39 is 0 Å². The summed E-state index contributed by atoms with van der Waals surface area (Å²) >= 11 is 6.13. The molecule has 23 heavy (non-hydrogen) atoms. The van der Waals surface area contributed by atoms with E-state index in [2.05, 4.69) is 35.7 Å². The molecule has 1 aliphatic rings. The van der Waals surface area contributed by atoms with Crippen LogP contribution in [-0.2, 0) is 0 Å². The van der Waals surface area contributed by atoms with Crippen LogP contribution in [0.3, 0.4) is 0 Å². The largest absolute Gasteiger partial charge is 0.490 e. The van der Waals surface area contributed by atoms with Gasteiger partial charge in [0.1, 0.15) is 17.5 Å². The van der Waals surface area contributed by atoms with Crippen LogP contribution in [0.15, 0.2) is 12.3 Å². The van der Waals surface area contributed by atoms with Gasteiger partial charge in [-0.1, -0.05) is 49.6 Å². The van der Waals surface area contributed by atoms with Crippen molar-refractivity contribution in [3.8, 4) is 17.6 Å². The van der Waals surface area contributed by atoms with Crippen molar-refractivity contribution in [1.29, 1.82) is 0 Å². The van der Waals surface area contributed by atoms with Crippen molar-refractivity contribution in [1.82, 2.24) is 9.88 Å². The molecule has 2 heterocycles. The molecule has 0 amide bonds. The lowest BCUT2D eigenvalue weighted by Gasteiger charge is -2.19. The van der Waals surface area contributed by atoms with E-state index in [4.69, 9.17) is 16.3 Å². The molecule has 1 aromatic heterocycles. The number of likely N-dealkylation sites (N-methyl/N-ethyl adjacent to an activating group) is 1. The lowest BCUT2D eigenvalue weighted by atomic mass is 10.1. The molecule has 0 aliphatic carbocycles. The summed E-state index contributed by atoms with van der Waals surface area (Å²) in [6, 6.07) is 2.40. The maximum Gasteiger partial charge on any atom is 0.144 e. The molecule has 0 saturated carbocycles. The molecule has 1 aromatic rings. The molecule has 0 radical (unpaired) electrons. The Morgan fingerprint density at radius 3 is 3.00 bits per heavy atom. The molecule has 0 aromatic carbocycles. The minimum absolute atomic E-state index is 0.455. The van der Waals surface area contributed by atoms with Crippen molar-refractivity contribution in [2.75, 3.05) is 20.2 Å². The van der Waals surface area contributed by atoms with Crippen LogP contribution < -0.4 is 4.74 Å². The number of nitrogens with zero attached hydrogens (tertiary/aromatic N) is 2. The van der Waals surface area contributed by atoms with E-state index in [1.54, 1.807) is 6.20 Å². The van der Waals surface area contributed by atoms with Crippen LogP contribution in [0.25, 0.3) is 0 Å². The van der Waals surface area contributed by atoms with Crippen molar-refractivity contribution in [2.24, 2.45) is 0 Å². The SMILES string of the molecule is CCCCCCC#Cc1cc(OC[C@H]2CCCN2C)cnc1Cl. The van der Waals surface area contributed by atoms with Crippen LogP contribution in [0.1, 0.15) is 57.4 Å². The average Bonchev–Trinajstić information content (AvgIpc) is 2.96. The topological polar surface area (TPSA) is 25.4 Å². The second-order valence-corrected chi connectivity index (χ2v) is 6.57. The normalized spacial score (nSPS) is 17.8. The summed E-state index contributed by atoms with van der Waals surface area (Å²) in [5, 5.41) is 0.455. The lowest BCUT2D eigenvalue weighted by molar-refractivity contribution is 0.198. The van der Waals surface area contributed by atoms with E-state index >= 15 is 0 Å². The fourth-order valence-electron chi connectivity index (χ4n) is 2.78. The van der Waals surface area contributed by atoms with Crippen molar-refractivity contribution >= 4 is 11.6 Å². The van der Waals surface area contributed by atoms with Crippen molar-refractivity contribution in [3.05, 3.63) is 23.0 Å². The van der Waals surface area contributed by atoms with Gasteiger partial charge in [0, 0.05) is 18.5 Å². The highest BCUT2D eigenvalue weighted by molar-refractivity contribution is 6.30. The van der Waals surface area contributed by atoms with Crippen molar-refractivity contribution < 1.29 is 4.74 Å². The van der Waals surface area contributed by atoms with Gasteiger partial charge in [-0.05, 0) is 32.9 Å². The monoisotopic (exact) mass is 334 g/mol. The van der Waals surface area contributed by atoms with Gasteiger partial charge in [-0.15, -0.1) is 0 Å². The van der Waals surface area contributed by atoms with Gasteiger partial charge < -0.3 is 9.64 Å². The highest BCUT2D eigenvalue weighted by Gasteiger charge is 2.21. The Morgan fingerprint density at radius 2 is 2.26 bits per heavy atom.